The molecule has 23 heavy (non-hydrogen) atoms. The van der Waals surface area contributed by atoms with E-state index in [0.717, 1.165) is 12.8 Å². The van der Waals surface area contributed by atoms with Crippen molar-refractivity contribution < 1.29 is 9.53 Å². The van der Waals surface area contributed by atoms with Crippen LogP contribution in [0.15, 0.2) is 36.8 Å². The minimum Gasteiger partial charge on any atom is -0.384 e. The number of methoxy groups -OCH3 is 1. The van der Waals surface area contributed by atoms with Crippen molar-refractivity contribution in [3.63, 3.8) is 0 Å². The number of carbonyl (C=O) groups is 1. The lowest BCUT2D eigenvalue weighted by atomic mass is 9.69. The first-order chi connectivity index (χ1) is 11.2. The van der Waals surface area contributed by atoms with Crippen molar-refractivity contribution in [2.75, 3.05) is 20.3 Å². The van der Waals surface area contributed by atoms with Crippen LogP contribution in [0.2, 0.25) is 0 Å². The van der Waals surface area contributed by atoms with Gasteiger partial charge in [-0.25, -0.2) is 9.97 Å². The number of amides is 1. The van der Waals surface area contributed by atoms with Crippen molar-refractivity contribution in [1.82, 2.24) is 20.3 Å². The first kappa shape index (κ1) is 15.6. The fraction of sp³-hybridized carbons (Fsp3) is 0.412. The Morgan fingerprint density at radius 2 is 2.04 bits per heavy atom. The van der Waals surface area contributed by atoms with E-state index in [1.807, 2.05) is 18.2 Å². The number of hydrogen-bond donors (Lipinski definition) is 1. The zero-order valence-electron chi connectivity index (χ0n) is 13.2. The molecule has 1 saturated carbocycles. The Kier molecular flexibility index (Phi) is 4.62. The van der Waals surface area contributed by atoms with Crippen LogP contribution in [-0.4, -0.2) is 41.1 Å². The molecule has 0 aromatic carbocycles. The molecule has 0 spiro atoms. The number of pyridine rings is 1. The van der Waals surface area contributed by atoms with Crippen LogP contribution in [0, 0.1) is 5.41 Å². The Bertz CT molecular complexity index is 654. The number of ether oxygens (including phenoxy) is 1. The summed E-state index contributed by atoms with van der Waals surface area (Å²) in [6.07, 6.45) is 8.15. The standard InChI is InChI=1S/C17H20N4O2/c1-23-12-17(6-4-7-17)11-21-16(22)13-9-19-15(20-10-13)14-5-2-3-8-18-14/h2-3,5,8-10H,4,6-7,11-12H2,1H3,(H,21,22). The van der Waals surface area contributed by atoms with Crippen LogP contribution in [0.25, 0.3) is 11.5 Å². The number of nitrogens with zero attached hydrogens (tertiary/aromatic N) is 3. The quantitative estimate of drug-likeness (QED) is 0.883. The first-order valence-electron chi connectivity index (χ1n) is 7.73. The van der Waals surface area contributed by atoms with E-state index >= 15 is 0 Å². The third kappa shape index (κ3) is 3.53. The summed E-state index contributed by atoms with van der Waals surface area (Å²) in [5.74, 6) is 0.358. The molecule has 0 aliphatic heterocycles. The number of carbonyl (C=O) groups excluding carboxylic acids is 1. The van der Waals surface area contributed by atoms with E-state index in [-0.39, 0.29) is 11.3 Å². The Hall–Kier alpha value is -2.34. The van der Waals surface area contributed by atoms with Crippen molar-refractivity contribution in [2.24, 2.45) is 5.41 Å². The molecule has 120 valence electrons. The first-order valence-corrected chi connectivity index (χ1v) is 7.73. The molecule has 0 saturated heterocycles. The lowest BCUT2D eigenvalue weighted by Gasteiger charge is -2.41. The van der Waals surface area contributed by atoms with Crippen molar-refractivity contribution in [2.45, 2.75) is 19.3 Å². The van der Waals surface area contributed by atoms with Crippen LogP contribution in [-0.2, 0) is 4.74 Å². The van der Waals surface area contributed by atoms with Gasteiger partial charge in [-0.2, -0.15) is 0 Å². The maximum Gasteiger partial charge on any atom is 0.254 e. The lowest BCUT2D eigenvalue weighted by Crippen LogP contribution is -2.45. The molecule has 2 aromatic heterocycles. The smallest absolute Gasteiger partial charge is 0.254 e. The van der Waals surface area contributed by atoms with Gasteiger partial charge < -0.3 is 10.1 Å². The van der Waals surface area contributed by atoms with Gasteiger partial charge in [-0.1, -0.05) is 12.5 Å². The minimum absolute atomic E-state index is 0.0964. The molecule has 0 unspecified atom stereocenters. The van der Waals surface area contributed by atoms with Gasteiger partial charge in [-0.3, -0.25) is 9.78 Å². The summed E-state index contributed by atoms with van der Waals surface area (Å²) < 4.78 is 5.27. The number of aromatic nitrogens is 3. The lowest BCUT2D eigenvalue weighted by molar-refractivity contribution is 0.0180. The average molecular weight is 312 g/mol. The van der Waals surface area contributed by atoms with Gasteiger partial charge in [-0.05, 0) is 25.0 Å². The molecular formula is C17H20N4O2. The van der Waals surface area contributed by atoms with Gasteiger partial charge in [0.15, 0.2) is 5.82 Å². The fourth-order valence-corrected chi connectivity index (χ4v) is 2.80. The summed E-state index contributed by atoms with van der Waals surface area (Å²) in [4.78, 5) is 24.9. The molecule has 6 heteroatoms. The van der Waals surface area contributed by atoms with Gasteiger partial charge in [0.2, 0.25) is 0 Å². The Morgan fingerprint density at radius 1 is 1.26 bits per heavy atom. The van der Waals surface area contributed by atoms with E-state index in [2.05, 4.69) is 20.3 Å². The monoisotopic (exact) mass is 312 g/mol. The number of nitrogens with one attached hydrogen (secondary N) is 1. The van der Waals surface area contributed by atoms with Crippen LogP contribution < -0.4 is 5.32 Å². The van der Waals surface area contributed by atoms with Crippen molar-refractivity contribution in [3.8, 4) is 11.5 Å². The summed E-state index contributed by atoms with van der Waals surface area (Å²) in [6, 6.07) is 5.54. The summed E-state index contributed by atoms with van der Waals surface area (Å²) in [5, 5.41) is 2.97. The number of rotatable bonds is 6. The van der Waals surface area contributed by atoms with Gasteiger partial charge in [0.1, 0.15) is 5.69 Å². The summed E-state index contributed by atoms with van der Waals surface area (Å²) in [5.41, 5.74) is 1.24. The Balaban J connectivity index is 1.62. The largest absolute Gasteiger partial charge is 0.384 e. The fourth-order valence-electron chi connectivity index (χ4n) is 2.80. The normalized spacial score (nSPS) is 15.7. The molecule has 0 atom stereocenters. The highest BCUT2D eigenvalue weighted by Crippen LogP contribution is 2.40. The zero-order valence-corrected chi connectivity index (χ0v) is 13.2. The third-order valence-electron chi connectivity index (χ3n) is 4.30. The van der Waals surface area contributed by atoms with Crippen LogP contribution >= 0.6 is 0 Å². The number of hydrogen-bond acceptors (Lipinski definition) is 5. The van der Waals surface area contributed by atoms with Gasteiger partial charge in [0.25, 0.3) is 5.91 Å². The molecule has 1 amide bonds. The molecule has 2 heterocycles. The molecule has 0 radical (unpaired) electrons. The van der Waals surface area contributed by atoms with Crippen LogP contribution in [0.3, 0.4) is 0 Å². The average Bonchev–Trinajstić information content (AvgIpc) is 2.58. The predicted octanol–water partition coefficient (Wildman–Crippen LogP) is 2.09. The molecule has 0 bridgehead atoms. The molecule has 3 rings (SSSR count). The predicted molar refractivity (Wildman–Crippen MR) is 85.8 cm³/mol. The maximum absolute atomic E-state index is 12.2. The second-order valence-electron chi connectivity index (χ2n) is 5.98. The Morgan fingerprint density at radius 3 is 2.61 bits per heavy atom. The van der Waals surface area contributed by atoms with Crippen molar-refractivity contribution >= 4 is 5.91 Å². The van der Waals surface area contributed by atoms with Crippen LogP contribution in [0.1, 0.15) is 29.6 Å². The van der Waals surface area contributed by atoms with Gasteiger partial charge >= 0.3 is 0 Å². The van der Waals surface area contributed by atoms with Crippen LogP contribution in [0.4, 0.5) is 0 Å². The Labute approximate surface area is 135 Å². The van der Waals surface area contributed by atoms with E-state index in [4.69, 9.17) is 4.74 Å². The molecular weight excluding hydrogens is 292 g/mol. The minimum atomic E-state index is -0.153. The summed E-state index contributed by atoms with van der Waals surface area (Å²) in [6.45, 7) is 1.31. The highest BCUT2D eigenvalue weighted by molar-refractivity contribution is 5.93. The molecule has 1 aliphatic carbocycles. The second kappa shape index (κ2) is 6.83. The SMILES string of the molecule is COCC1(CNC(=O)c2cnc(-c3ccccn3)nc2)CCC1. The molecule has 1 fully saturated rings. The molecule has 1 aliphatic rings. The van der Waals surface area contributed by atoms with Crippen LogP contribution in [0.5, 0.6) is 0 Å². The molecule has 1 N–H and O–H groups in total. The summed E-state index contributed by atoms with van der Waals surface area (Å²) in [7, 11) is 1.70. The molecule has 2 aromatic rings. The van der Waals surface area contributed by atoms with E-state index in [0.29, 0.717) is 30.2 Å². The van der Waals surface area contributed by atoms with Gasteiger partial charge in [-0.15, -0.1) is 0 Å². The zero-order chi connectivity index (χ0) is 16.1. The van der Waals surface area contributed by atoms with Gasteiger partial charge in [0, 0.05) is 37.7 Å². The highest BCUT2D eigenvalue weighted by atomic mass is 16.5. The third-order valence-corrected chi connectivity index (χ3v) is 4.30. The van der Waals surface area contributed by atoms with E-state index in [9.17, 15) is 4.79 Å². The maximum atomic E-state index is 12.2. The summed E-state index contributed by atoms with van der Waals surface area (Å²) >= 11 is 0. The van der Waals surface area contributed by atoms with E-state index < -0.39 is 0 Å². The van der Waals surface area contributed by atoms with Crippen molar-refractivity contribution in [1.29, 1.82) is 0 Å². The topological polar surface area (TPSA) is 77.0 Å². The second-order valence-corrected chi connectivity index (χ2v) is 5.98. The van der Waals surface area contributed by atoms with E-state index in [1.54, 1.807) is 13.3 Å². The van der Waals surface area contributed by atoms with E-state index in [1.165, 1.54) is 18.8 Å². The van der Waals surface area contributed by atoms with Gasteiger partial charge in [0.05, 0.1) is 12.2 Å². The molecule has 6 nitrogen and oxygen atoms in total. The van der Waals surface area contributed by atoms with Crippen molar-refractivity contribution in [3.05, 3.63) is 42.4 Å². The highest BCUT2D eigenvalue weighted by Gasteiger charge is 2.37.